The molecule has 0 aliphatic carbocycles. The maximum atomic E-state index is 5.81. The van der Waals surface area contributed by atoms with Gasteiger partial charge >= 0.3 is 0 Å². The molecule has 1 rings (SSSR count). The Morgan fingerprint density at radius 2 is 2.00 bits per heavy atom. The molecule has 0 amide bonds. The molecule has 0 aliphatic rings. The lowest BCUT2D eigenvalue weighted by molar-refractivity contribution is 0.814. The fraction of sp³-hybridized carbons (Fsp3) is 0.400. The molecule has 64 valence electrons. The second-order valence-corrected chi connectivity index (χ2v) is 3.23. The molecule has 3 heteroatoms. The third-order valence-corrected chi connectivity index (χ3v) is 1.84. The van der Waals surface area contributed by atoms with Crippen molar-refractivity contribution in [2.75, 3.05) is 0 Å². The van der Waals surface area contributed by atoms with E-state index in [0.29, 0.717) is 11.3 Å². The van der Waals surface area contributed by atoms with E-state index in [1.165, 1.54) is 0 Å². The Morgan fingerprint density at radius 1 is 1.38 bits per heavy atom. The molecule has 0 fully saturated rings. The van der Waals surface area contributed by atoms with E-state index >= 15 is 0 Å². The van der Waals surface area contributed by atoms with Crippen LogP contribution in [0.15, 0.2) is 0 Å². The van der Waals surface area contributed by atoms with Crippen LogP contribution in [-0.2, 0) is 0 Å². The Morgan fingerprint density at radius 3 is 2.46 bits per heavy atom. The van der Waals surface area contributed by atoms with Gasteiger partial charge in [0.2, 0.25) is 5.82 Å². The Balaban J connectivity index is 3.35. The summed E-state index contributed by atoms with van der Waals surface area (Å²) in [6.45, 7) is 5.89. The normalized spacial score (nSPS) is 10.1. The molecule has 13 heavy (non-hydrogen) atoms. The van der Waals surface area contributed by atoms with E-state index in [1.807, 2.05) is 20.8 Å². The van der Waals surface area contributed by atoms with E-state index < -0.39 is 0 Å². The van der Waals surface area contributed by atoms with Crippen molar-refractivity contribution < 1.29 is 0 Å². The van der Waals surface area contributed by atoms with Gasteiger partial charge in [-0.15, -0.1) is 6.42 Å². The van der Waals surface area contributed by atoms with E-state index in [2.05, 4.69) is 15.9 Å². The third-order valence-electron chi connectivity index (χ3n) is 1.84. The van der Waals surface area contributed by atoms with Gasteiger partial charge in [0.15, 0.2) is 0 Å². The minimum atomic E-state index is 0.272. The number of rotatable bonds is 1. The van der Waals surface area contributed by atoms with Crippen LogP contribution in [0.4, 0.5) is 0 Å². The molecule has 0 aliphatic heterocycles. The van der Waals surface area contributed by atoms with Crippen LogP contribution < -0.4 is 5.46 Å². The molecule has 2 nitrogen and oxygen atoms in total. The Kier molecular flexibility index (Phi) is 2.72. The van der Waals surface area contributed by atoms with Crippen LogP contribution in [0.3, 0.4) is 0 Å². The first kappa shape index (κ1) is 9.79. The molecule has 1 heterocycles. The first-order valence-corrected chi connectivity index (χ1v) is 4.17. The summed E-state index contributed by atoms with van der Waals surface area (Å²) in [6, 6.07) is 0. The molecule has 0 aromatic carbocycles. The van der Waals surface area contributed by atoms with Gasteiger partial charge in [-0.25, -0.2) is 9.97 Å². The van der Waals surface area contributed by atoms with E-state index in [1.54, 1.807) is 0 Å². The number of aryl methyl sites for hydroxylation is 1. The van der Waals surface area contributed by atoms with E-state index in [-0.39, 0.29) is 5.92 Å². The molecule has 0 spiro atoms. The van der Waals surface area contributed by atoms with Crippen LogP contribution in [-0.4, -0.2) is 17.8 Å². The number of nitrogens with zero attached hydrogens (tertiary/aromatic N) is 2. The first-order valence-electron chi connectivity index (χ1n) is 4.17. The van der Waals surface area contributed by atoms with Crippen molar-refractivity contribution in [3.63, 3.8) is 0 Å². The summed E-state index contributed by atoms with van der Waals surface area (Å²) in [6.07, 6.45) is 5.22. The lowest BCUT2D eigenvalue weighted by Gasteiger charge is -2.10. The second-order valence-electron chi connectivity index (χ2n) is 3.23. The lowest BCUT2D eigenvalue weighted by Crippen LogP contribution is -2.20. The van der Waals surface area contributed by atoms with E-state index in [0.717, 1.165) is 11.4 Å². The standard InChI is InChI=1S/C10H11BN2/c1-5-8-12-7(4)9(11)10(13-8)6(2)3/h1,6H,2-4H3. The molecule has 0 N–H and O–H groups in total. The Hall–Kier alpha value is -1.30. The molecule has 0 saturated carbocycles. The highest BCUT2D eigenvalue weighted by Gasteiger charge is 2.08. The molecule has 0 atom stereocenters. The number of terminal acetylenes is 1. The second kappa shape index (κ2) is 3.61. The predicted molar refractivity (Wildman–Crippen MR) is 54.2 cm³/mol. The minimum Gasteiger partial charge on any atom is -0.227 e. The minimum absolute atomic E-state index is 0.272. The highest BCUT2D eigenvalue weighted by molar-refractivity contribution is 6.33. The monoisotopic (exact) mass is 170 g/mol. The van der Waals surface area contributed by atoms with Gasteiger partial charge in [0.05, 0.1) is 0 Å². The lowest BCUT2D eigenvalue weighted by atomic mass is 9.88. The average molecular weight is 170 g/mol. The van der Waals surface area contributed by atoms with Crippen LogP contribution >= 0.6 is 0 Å². The van der Waals surface area contributed by atoms with Crippen LogP contribution in [0.2, 0.25) is 0 Å². The third kappa shape index (κ3) is 1.89. The summed E-state index contributed by atoms with van der Waals surface area (Å²) in [5, 5.41) is 0. The number of hydrogen-bond acceptors (Lipinski definition) is 2. The molecule has 2 radical (unpaired) electrons. The van der Waals surface area contributed by atoms with E-state index in [4.69, 9.17) is 14.3 Å². The van der Waals surface area contributed by atoms with Gasteiger partial charge in [0, 0.05) is 11.4 Å². The zero-order valence-electron chi connectivity index (χ0n) is 8.13. The summed E-state index contributed by atoms with van der Waals surface area (Å²) in [5.41, 5.74) is 2.24. The van der Waals surface area contributed by atoms with Crippen molar-refractivity contribution >= 4 is 13.3 Å². The fourth-order valence-electron chi connectivity index (χ4n) is 1.11. The molecule has 0 unspecified atom stereocenters. The summed E-state index contributed by atoms with van der Waals surface area (Å²) in [7, 11) is 5.81. The van der Waals surface area contributed by atoms with Crippen LogP contribution in [0, 0.1) is 19.3 Å². The summed E-state index contributed by atoms with van der Waals surface area (Å²) < 4.78 is 0. The number of hydrogen-bond donors (Lipinski definition) is 0. The molecule has 0 saturated heterocycles. The largest absolute Gasteiger partial charge is 0.227 e. The van der Waals surface area contributed by atoms with Gasteiger partial charge in [0.1, 0.15) is 7.85 Å². The smallest absolute Gasteiger partial charge is 0.205 e. The fourth-order valence-corrected chi connectivity index (χ4v) is 1.11. The van der Waals surface area contributed by atoms with Gasteiger partial charge < -0.3 is 0 Å². The topological polar surface area (TPSA) is 25.8 Å². The summed E-state index contributed by atoms with van der Waals surface area (Å²) in [5.74, 6) is 3.10. The molecule has 0 bridgehead atoms. The van der Waals surface area contributed by atoms with Crippen molar-refractivity contribution in [2.24, 2.45) is 0 Å². The summed E-state index contributed by atoms with van der Waals surface area (Å²) >= 11 is 0. The van der Waals surface area contributed by atoms with Crippen molar-refractivity contribution in [1.29, 1.82) is 0 Å². The Bertz CT molecular complexity index is 364. The van der Waals surface area contributed by atoms with Crippen molar-refractivity contribution in [3.05, 3.63) is 17.2 Å². The van der Waals surface area contributed by atoms with Gasteiger partial charge in [-0.3, -0.25) is 0 Å². The van der Waals surface area contributed by atoms with Crippen LogP contribution in [0.25, 0.3) is 0 Å². The first-order chi connectivity index (χ1) is 6.06. The molecule has 1 aromatic heterocycles. The van der Waals surface area contributed by atoms with Crippen molar-refractivity contribution in [3.8, 4) is 12.3 Å². The molecular formula is C10H11BN2. The van der Waals surface area contributed by atoms with E-state index in [9.17, 15) is 0 Å². The van der Waals surface area contributed by atoms with Gasteiger partial charge in [-0.2, -0.15) is 0 Å². The highest BCUT2D eigenvalue weighted by atomic mass is 14.9. The number of aromatic nitrogens is 2. The van der Waals surface area contributed by atoms with Crippen LogP contribution in [0.1, 0.15) is 37.0 Å². The van der Waals surface area contributed by atoms with Gasteiger partial charge in [0.25, 0.3) is 0 Å². The Labute approximate surface area is 80.2 Å². The average Bonchev–Trinajstić information content (AvgIpc) is 2.09. The maximum absolute atomic E-state index is 5.81. The van der Waals surface area contributed by atoms with Crippen molar-refractivity contribution in [2.45, 2.75) is 26.7 Å². The van der Waals surface area contributed by atoms with Gasteiger partial charge in [-0.05, 0) is 18.8 Å². The zero-order valence-corrected chi connectivity index (χ0v) is 8.13. The SMILES string of the molecule is [B]c1c(C)nc(C#C)nc1C(C)C. The maximum Gasteiger partial charge on any atom is 0.205 e. The quantitative estimate of drug-likeness (QED) is 0.457. The highest BCUT2D eigenvalue weighted by Crippen LogP contribution is 2.09. The van der Waals surface area contributed by atoms with Gasteiger partial charge in [-0.1, -0.05) is 19.3 Å². The molecule has 1 aromatic rings. The molecular weight excluding hydrogens is 159 g/mol. The summed E-state index contributed by atoms with van der Waals surface area (Å²) in [4.78, 5) is 8.24. The zero-order chi connectivity index (χ0) is 10.0. The van der Waals surface area contributed by atoms with Crippen molar-refractivity contribution in [1.82, 2.24) is 9.97 Å². The van der Waals surface area contributed by atoms with Crippen LogP contribution in [0.5, 0.6) is 0 Å². The predicted octanol–water partition coefficient (Wildman–Crippen LogP) is 0.684.